The minimum atomic E-state index is -2.83. The molecule has 7 nitrogen and oxygen atoms in total. The van der Waals surface area contributed by atoms with Crippen molar-refractivity contribution in [2.75, 3.05) is 11.9 Å². The third-order valence-corrected chi connectivity index (χ3v) is 4.20. The maximum absolute atomic E-state index is 12.8. The van der Waals surface area contributed by atoms with Crippen LogP contribution in [-0.2, 0) is 14.2 Å². The van der Waals surface area contributed by atoms with Gasteiger partial charge in [-0.05, 0) is 35.3 Å². The van der Waals surface area contributed by atoms with E-state index in [1.54, 1.807) is 0 Å². The van der Waals surface area contributed by atoms with Gasteiger partial charge in [0.25, 0.3) is 0 Å². The van der Waals surface area contributed by atoms with Gasteiger partial charge in [-0.1, -0.05) is 0 Å². The Labute approximate surface area is 126 Å². The molecule has 0 radical (unpaired) electrons. The topological polar surface area (TPSA) is 124 Å². The Kier molecular flexibility index (Phi) is 6.88. The predicted molar refractivity (Wildman–Crippen MR) is 76.5 cm³/mol. The number of rotatable bonds is 9. The van der Waals surface area contributed by atoms with E-state index in [0.29, 0.717) is 5.69 Å². The fraction of sp³-hybridized carbons (Fsp3) is 0.385. The van der Waals surface area contributed by atoms with Gasteiger partial charge in [0.05, 0.1) is 6.54 Å². The van der Waals surface area contributed by atoms with E-state index in [-0.39, 0.29) is 13.0 Å². The quantitative estimate of drug-likeness (QED) is 0.509. The van der Waals surface area contributed by atoms with E-state index < -0.39 is 43.8 Å². The van der Waals surface area contributed by atoms with Crippen molar-refractivity contribution in [2.45, 2.75) is 18.5 Å². The van der Waals surface area contributed by atoms with Gasteiger partial charge in [-0.3, -0.25) is 9.59 Å². The molecular weight excluding hydrogens is 316 g/mol. The first-order valence-electron chi connectivity index (χ1n) is 6.40. The number of carboxylic acids is 2. The van der Waals surface area contributed by atoms with Crippen LogP contribution in [0.1, 0.15) is 12.8 Å². The van der Waals surface area contributed by atoms with Crippen LogP contribution >= 0.6 is 8.03 Å². The lowest BCUT2D eigenvalue weighted by Crippen LogP contribution is -2.32. The van der Waals surface area contributed by atoms with Crippen LogP contribution in [0, 0.1) is 11.7 Å². The highest BCUT2D eigenvalue weighted by Gasteiger charge is 2.42. The summed E-state index contributed by atoms with van der Waals surface area (Å²) in [6, 6.07) is 5.19. The Balaban J connectivity index is 2.76. The van der Waals surface area contributed by atoms with Gasteiger partial charge < -0.3 is 15.5 Å². The summed E-state index contributed by atoms with van der Waals surface area (Å²) >= 11 is 0. The lowest BCUT2D eigenvalue weighted by molar-refractivity contribution is -0.142. The number of hydrogen-bond donors (Lipinski definition) is 4. The van der Waals surface area contributed by atoms with Gasteiger partial charge in [0, 0.05) is 12.1 Å². The molecule has 3 atom stereocenters. The number of carbonyl (C=O) groups is 2. The first-order valence-corrected chi connectivity index (χ1v) is 7.68. The van der Waals surface area contributed by atoms with Gasteiger partial charge in [0.1, 0.15) is 11.7 Å². The summed E-state index contributed by atoms with van der Waals surface area (Å²) in [5.41, 5.74) is -0.692. The third kappa shape index (κ3) is 5.75. The molecule has 1 aromatic carbocycles. The molecule has 9 heteroatoms. The van der Waals surface area contributed by atoms with Gasteiger partial charge in [0.15, 0.2) is 0 Å². The van der Waals surface area contributed by atoms with E-state index in [1.807, 2.05) is 0 Å². The maximum Gasteiger partial charge on any atom is 0.511 e. The lowest BCUT2D eigenvalue weighted by atomic mass is 9.99. The van der Waals surface area contributed by atoms with E-state index in [2.05, 4.69) is 5.32 Å². The van der Waals surface area contributed by atoms with Crippen LogP contribution < -0.4 is 5.32 Å². The number of hydrogen-bond acceptors (Lipinski definition) is 4. The van der Waals surface area contributed by atoms with Crippen LogP contribution in [-0.4, -0.2) is 39.2 Å². The van der Waals surface area contributed by atoms with Crippen molar-refractivity contribution in [3.05, 3.63) is 30.1 Å². The molecule has 0 saturated heterocycles. The Bertz CT molecular complexity index is 550. The van der Waals surface area contributed by atoms with Crippen molar-refractivity contribution in [1.29, 1.82) is 0 Å². The number of carboxylic acid groups (broad SMARTS) is 2. The molecule has 0 amide bonds. The minimum Gasteiger partial charge on any atom is -0.481 e. The summed E-state index contributed by atoms with van der Waals surface area (Å²) < 4.78 is 24.2. The van der Waals surface area contributed by atoms with Gasteiger partial charge in [-0.2, -0.15) is 4.89 Å². The Morgan fingerprint density at radius 2 is 1.82 bits per heavy atom. The van der Waals surface area contributed by atoms with E-state index in [4.69, 9.17) is 10.2 Å². The molecule has 0 heterocycles. The average molecular weight is 332 g/mol. The summed E-state index contributed by atoms with van der Waals surface area (Å²) in [6.07, 6.45) is -0.657. The van der Waals surface area contributed by atoms with Crippen molar-refractivity contribution >= 4 is 25.7 Å². The Morgan fingerprint density at radius 3 is 2.27 bits per heavy atom. The van der Waals surface area contributed by atoms with Crippen molar-refractivity contribution in [3.8, 4) is 0 Å². The molecule has 0 aliphatic heterocycles. The molecule has 0 saturated carbocycles. The summed E-state index contributed by atoms with van der Waals surface area (Å²) in [7, 11) is -2.83. The van der Waals surface area contributed by atoms with Crippen LogP contribution in [0.15, 0.2) is 24.3 Å². The highest BCUT2D eigenvalue weighted by atomic mass is 31.1. The highest BCUT2D eigenvalue weighted by molar-refractivity contribution is 7.39. The van der Waals surface area contributed by atoms with Crippen molar-refractivity contribution < 1.29 is 33.7 Å². The SMILES string of the molecule is O=C(O)CCC(C(=O)O)C(CNc1ccc(F)cc1)[P+](=O)O. The van der Waals surface area contributed by atoms with Gasteiger partial charge >= 0.3 is 20.0 Å². The lowest BCUT2D eigenvalue weighted by Gasteiger charge is -2.15. The molecule has 1 aromatic rings. The normalized spacial score (nSPS) is 14.0. The predicted octanol–water partition coefficient (Wildman–Crippen LogP) is 1.91. The number of halogens is 1. The molecule has 0 bridgehead atoms. The number of nitrogens with one attached hydrogen (secondary N) is 1. The van der Waals surface area contributed by atoms with Crippen LogP contribution in [0.3, 0.4) is 0 Å². The Morgan fingerprint density at radius 1 is 1.23 bits per heavy atom. The zero-order valence-corrected chi connectivity index (χ0v) is 12.4. The van der Waals surface area contributed by atoms with Crippen molar-refractivity contribution in [1.82, 2.24) is 0 Å². The fourth-order valence-electron chi connectivity index (χ4n) is 1.92. The summed E-state index contributed by atoms with van der Waals surface area (Å²) in [4.78, 5) is 31.1. The average Bonchev–Trinajstić information content (AvgIpc) is 2.43. The van der Waals surface area contributed by atoms with Crippen LogP contribution in [0.25, 0.3) is 0 Å². The minimum absolute atomic E-state index is 0.145. The standard InChI is InChI=1S/C13H15FNO6P/c14-8-1-3-9(4-2-8)15-7-11(22(20)21)10(13(18)19)5-6-12(16)17/h1-4,10-11,15H,5-7H2,(H2-,16,17,18,19,20,21)/p+1. The molecule has 120 valence electrons. The molecule has 4 N–H and O–H groups in total. The van der Waals surface area contributed by atoms with Gasteiger partial charge in [0.2, 0.25) is 5.66 Å². The molecular formula is C13H16FNO6P+. The maximum atomic E-state index is 12.8. The van der Waals surface area contributed by atoms with Crippen molar-refractivity contribution in [3.63, 3.8) is 0 Å². The second-order valence-corrected chi connectivity index (χ2v) is 5.90. The number of aliphatic carboxylic acids is 2. The first-order chi connectivity index (χ1) is 10.3. The molecule has 0 fully saturated rings. The zero-order valence-electron chi connectivity index (χ0n) is 11.5. The highest BCUT2D eigenvalue weighted by Crippen LogP contribution is 2.32. The van der Waals surface area contributed by atoms with E-state index in [0.717, 1.165) is 0 Å². The van der Waals surface area contributed by atoms with Gasteiger partial charge in [-0.25, -0.2) is 4.39 Å². The monoisotopic (exact) mass is 332 g/mol. The first kappa shape index (κ1) is 18.0. The third-order valence-electron chi connectivity index (χ3n) is 3.09. The zero-order chi connectivity index (χ0) is 16.7. The van der Waals surface area contributed by atoms with Crippen LogP contribution in [0.4, 0.5) is 10.1 Å². The largest absolute Gasteiger partial charge is 0.511 e. The smallest absolute Gasteiger partial charge is 0.481 e. The molecule has 0 aliphatic carbocycles. The van der Waals surface area contributed by atoms with E-state index >= 15 is 0 Å². The summed E-state index contributed by atoms with van der Waals surface area (Å²) in [5.74, 6) is -4.22. The van der Waals surface area contributed by atoms with Crippen LogP contribution in [0.5, 0.6) is 0 Å². The second-order valence-electron chi connectivity index (χ2n) is 4.63. The number of anilines is 1. The molecule has 22 heavy (non-hydrogen) atoms. The molecule has 0 aliphatic rings. The number of benzene rings is 1. The second kappa shape index (κ2) is 8.41. The van der Waals surface area contributed by atoms with E-state index in [9.17, 15) is 23.4 Å². The summed E-state index contributed by atoms with van der Waals surface area (Å²) in [6.45, 7) is -0.145. The van der Waals surface area contributed by atoms with E-state index in [1.165, 1.54) is 24.3 Å². The molecule has 0 spiro atoms. The van der Waals surface area contributed by atoms with Crippen molar-refractivity contribution in [2.24, 2.45) is 5.92 Å². The Hall–Kier alpha value is -2.05. The molecule has 1 rings (SSSR count). The van der Waals surface area contributed by atoms with Crippen LogP contribution in [0.2, 0.25) is 0 Å². The molecule has 0 aromatic heterocycles. The molecule has 3 unspecified atom stereocenters. The fourth-order valence-corrected chi connectivity index (χ4v) is 2.76. The summed E-state index contributed by atoms with van der Waals surface area (Å²) in [5, 5.41) is 20.5. The van der Waals surface area contributed by atoms with Gasteiger partial charge in [-0.15, -0.1) is 0 Å².